The highest BCUT2D eigenvalue weighted by molar-refractivity contribution is 5.11. The highest BCUT2D eigenvalue weighted by Crippen LogP contribution is 2.52. The molecule has 0 spiro atoms. The van der Waals surface area contributed by atoms with Gasteiger partial charge in [-0.15, -0.1) is 0 Å². The lowest BCUT2D eigenvalue weighted by Gasteiger charge is -2.35. The van der Waals surface area contributed by atoms with Crippen molar-refractivity contribution in [3.05, 3.63) is 12.2 Å². The van der Waals surface area contributed by atoms with E-state index in [1.165, 1.54) is 0 Å². The fourth-order valence-corrected chi connectivity index (χ4v) is 3.91. The smallest absolute Gasteiger partial charge is 0.0909 e. The molecule has 0 aromatic carbocycles. The second kappa shape index (κ2) is 4.32. The van der Waals surface area contributed by atoms with E-state index in [0.29, 0.717) is 18.8 Å². The molecule has 3 N–H and O–H groups in total. The summed E-state index contributed by atoms with van der Waals surface area (Å²) in [5.74, 6) is 0.266. The molecule has 6 unspecified atom stereocenters. The van der Waals surface area contributed by atoms with Crippen molar-refractivity contribution >= 4 is 0 Å². The fourth-order valence-electron chi connectivity index (χ4n) is 3.91. The zero-order chi connectivity index (χ0) is 13.7. The predicted octanol–water partition coefficient (Wildman–Crippen LogP) is 1.86. The van der Waals surface area contributed by atoms with Crippen molar-refractivity contribution in [2.75, 3.05) is 0 Å². The Balaban J connectivity index is 2.33. The molecule has 0 radical (unpaired) electrons. The normalized spacial score (nSPS) is 52.8. The first-order valence-electron chi connectivity index (χ1n) is 6.94. The first-order valence-corrected chi connectivity index (χ1v) is 6.94. The van der Waals surface area contributed by atoms with Crippen LogP contribution in [0.15, 0.2) is 12.2 Å². The van der Waals surface area contributed by atoms with Crippen LogP contribution in [0.4, 0.5) is 0 Å². The Hall–Kier alpha value is -0.380. The van der Waals surface area contributed by atoms with Gasteiger partial charge in [-0.3, -0.25) is 0 Å². The van der Waals surface area contributed by atoms with Crippen LogP contribution >= 0.6 is 0 Å². The van der Waals surface area contributed by atoms with E-state index >= 15 is 0 Å². The van der Waals surface area contributed by atoms with Gasteiger partial charge in [0, 0.05) is 0 Å². The Labute approximate surface area is 110 Å². The quantitative estimate of drug-likeness (QED) is 0.626. The van der Waals surface area contributed by atoms with Gasteiger partial charge in [0.2, 0.25) is 0 Å². The molecule has 2 aliphatic carbocycles. The molecule has 3 heteroatoms. The van der Waals surface area contributed by atoms with Gasteiger partial charge in [0.1, 0.15) is 0 Å². The van der Waals surface area contributed by atoms with Crippen LogP contribution in [0.5, 0.6) is 0 Å². The minimum atomic E-state index is -1.09. The van der Waals surface area contributed by atoms with Gasteiger partial charge in [-0.1, -0.05) is 12.2 Å². The maximum Gasteiger partial charge on any atom is 0.0909 e. The third kappa shape index (κ3) is 2.13. The van der Waals surface area contributed by atoms with E-state index in [-0.39, 0.29) is 11.8 Å². The zero-order valence-electron chi connectivity index (χ0n) is 11.7. The number of aliphatic hydroxyl groups excluding tert-OH is 1. The van der Waals surface area contributed by atoms with E-state index in [1.54, 1.807) is 6.92 Å². The average Bonchev–Trinajstić information content (AvgIpc) is 2.39. The third-order valence-corrected chi connectivity index (χ3v) is 5.42. The molecule has 0 amide bonds. The lowest BCUT2D eigenvalue weighted by atomic mass is 9.76. The van der Waals surface area contributed by atoms with Crippen molar-refractivity contribution < 1.29 is 15.3 Å². The summed E-state index contributed by atoms with van der Waals surface area (Å²) >= 11 is 0. The first kappa shape index (κ1) is 14.0. The Kier molecular flexibility index (Phi) is 3.37. The predicted molar refractivity (Wildman–Crippen MR) is 71.0 cm³/mol. The summed E-state index contributed by atoms with van der Waals surface area (Å²) < 4.78 is 0. The van der Waals surface area contributed by atoms with Gasteiger partial charge in [-0.25, -0.2) is 0 Å². The van der Waals surface area contributed by atoms with E-state index in [0.717, 1.165) is 18.4 Å². The van der Waals surface area contributed by atoms with Crippen molar-refractivity contribution in [2.24, 2.45) is 17.8 Å². The molecular weight excluding hydrogens is 228 g/mol. The second-order valence-electron chi connectivity index (χ2n) is 6.87. The molecule has 2 saturated carbocycles. The standard InChI is InChI=1S/C15H26O3/c1-9(2)10-5-6-14(3,17)11-8-13(16)15(4,18)12(11)7-10/h10-13,16-18H,1,5-8H2,2-4H3. The summed E-state index contributed by atoms with van der Waals surface area (Å²) in [5, 5.41) is 31.2. The van der Waals surface area contributed by atoms with E-state index in [9.17, 15) is 15.3 Å². The molecule has 0 saturated heterocycles. The summed E-state index contributed by atoms with van der Waals surface area (Å²) in [6.07, 6.45) is 2.21. The molecule has 0 heterocycles. The minimum absolute atomic E-state index is 0.0214. The van der Waals surface area contributed by atoms with Crippen molar-refractivity contribution in [2.45, 2.75) is 63.8 Å². The molecule has 0 aromatic rings. The van der Waals surface area contributed by atoms with Gasteiger partial charge >= 0.3 is 0 Å². The van der Waals surface area contributed by atoms with Crippen LogP contribution in [0.1, 0.15) is 46.5 Å². The van der Waals surface area contributed by atoms with Gasteiger partial charge in [-0.2, -0.15) is 0 Å². The van der Waals surface area contributed by atoms with Crippen LogP contribution in [0.2, 0.25) is 0 Å². The Morgan fingerprint density at radius 2 is 1.78 bits per heavy atom. The van der Waals surface area contributed by atoms with Crippen LogP contribution in [0.25, 0.3) is 0 Å². The van der Waals surface area contributed by atoms with Gasteiger partial charge in [-0.05, 0) is 64.2 Å². The Morgan fingerprint density at radius 3 is 2.33 bits per heavy atom. The summed E-state index contributed by atoms with van der Waals surface area (Å²) in [6.45, 7) is 9.59. The number of hydrogen-bond donors (Lipinski definition) is 3. The van der Waals surface area contributed by atoms with Crippen LogP contribution in [-0.4, -0.2) is 32.6 Å². The molecule has 18 heavy (non-hydrogen) atoms. The van der Waals surface area contributed by atoms with Gasteiger partial charge in [0.15, 0.2) is 0 Å². The first-order chi connectivity index (χ1) is 8.16. The summed E-state index contributed by atoms with van der Waals surface area (Å²) in [7, 11) is 0. The molecule has 0 bridgehead atoms. The summed E-state index contributed by atoms with van der Waals surface area (Å²) in [5.41, 5.74) is -0.771. The number of hydrogen-bond acceptors (Lipinski definition) is 3. The molecular formula is C15H26O3. The van der Waals surface area contributed by atoms with Gasteiger partial charge in [0.05, 0.1) is 17.3 Å². The number of aliphatic hydroxyl groups is 3. The molecule has 0 aliphatic heterocycles. The van der Waals surface area contributed by atoms with Gasteiger partial charge < -0.3 is 15.3 Å². The van der Waals surface area contributed by atoms with E-state index in [1.807, 2.05) is 13.8 Å². The van der Waals surface area contributed by atoms with Crippen molar-refractivity contribution in [1.82, 2.24) is 0 Å². The van der Waals surface area contributed by atoms with Crippen molar-refractivity contribution in [1.29, 1.82) is 0 Å². The highest BCUT2D eigenvalue weighted by Gasteiger charge is 2.57. The number of rotatable bonds is 1. The van der Waals surface area contributed by atoms with E-state index in [2.05, 4.69) is 6.58 Å². The summed E-state index contributed by atoms with van der Waals surface area (Å²) in [4.78, 5) is 0. The zero-order valence-corrected chi connectivity index (χ0v) is 11.7. The SMILES string of the molecule is C=C(C)C1CCC(C)(O)C2CC(O)C(C)(O)C2C1. The lowest BCUT2D eigenvalue weighted by Crippen LogP contribution is -2.43. The monoisotopic (exact) mass is 254 g/mol. The maximum absolute atomic E-state index is 10.6. The second-order valence-corrected chi connectivity index (χ2v) is 6.87. The van der Waals surface area contributed by atoms with E-state index in [4.69, 9.17) is 0 Å². The summed E-state index contributed by atoms with van der Waals surface area (Å²) in [6, 6.07) is 0. The maximum atomic E-state index is 10.6. The molecule has 2 fully saturated rings. The van der Waals surface area contributed by atoms with Crippen LogP contribution in [0.3, 0.4) is 0 Å². The molecule has 6 atom stereocenters. The molecule has 0 aromatic heterocycles. The molecule has 104 valence electrons. The Bertz CT molecular complexity index is 346. The third-order valence-electron chi connectivity index (χ3n) is 5.42. The molecule has 2 rings (SSSR count). The number of allylic oxidation sites excluding steroid dienone is 1. The molecule has 2 aliphatic rings. The number of fused-ring (bicyclic) bond motifs is 1. The fraction of sp³-hybridized carbons (Fsp3) is 0.867. The highest BCUT2D eigenvalue weighted by atomic mass is 16.3. The topological polar surface area (TPSA) is 60.7 Å². The van der Waals surface area contributed by atoms with Crippen molar-refractivity contribution in [3.63, 3.8) is 0 Å². The van der Waals surface area contributed by atoms with Gasteiger partial charge in [0.25, 0.3) is 0 Å². The lowest BCUT2D eigenvalue weighted by molar-refractivity contribution is -0.0828. The Morgan fingerprint density at radius 1 is 1.17 bits per heavy atom. The van der Waals surface area contributed by atoms with Crippen LogP contribution < -0.4 is 0 Å². The van der Waals surface area contributed by atoms with Crippen LogP contribution in [-0.2, 0) is 0 Å². The van der Waals surface area contributed by atoms with E-state index < -0.39 is 17.3 Å². The van der Waals surface area contributed by atoms with Crippen LogP contribution in [0, 0.1) is 17.8 Å². The van der Waals surface area contributed by atoms with Crippen molar-refractivity contribution in [3.8, 4) is 0 Å². The largest absolute Gasteiger partial charge is 0.390 e. The average molecular weight is 254 g/mol. The minimum Gasteiger partial charge on any atom is -0.390 e. The molecule has 3 nitrogen and oxygen atoms in total.